The van der Waals surface area contributed by atoms with Gasteiger partial charge in [0.2, 0.25) is 11.4 Å². The fourth-order valence-corrected chi connectivity index (χ4v) is 4.02. The first-order valence-electron chi connectivity index (χ1n) is 10.8. The summed E-state index contributed by atoms with van der Waals surface area (Å²) in [6.07, 6.45) is -2.51. The van der Waals surface area contributed by atoms with Gasteiger partial charge in [-0.15, -0.1) is 9.50 Å². The molecule has 36 heavy (non-hydrogen) atoms. The van der Waals surface area contributed by atoms with Crippen molar-refractivity contribution >= 4 is 11.6 Å². The Labute approximate surface area is 200 Å². The number of halogens is 3. The average Bonchev–Trinajstić information content (AvgIpc) is 3.45. The van der Waals surface area contributed by atoms with Crippen LogP contribution < -0.4 is 22.0 Å². The van der Waals surface area contributed by atoms with E-state index in [1.807, 2.05) is 37.3 Å². The number of aryl methyl sites for hydroxylation is 1. The lowest BCUT2D eigenvalue weighted by Crippen LogP contribution is -2.28. The van der Waals surface area contributed by atoms with E-state index in [1.54, 1.807) is 12.3 Å². The number of nitrogens with two attached hydrogens (primary N) is 1. The number of fused-ring (bicyclic) bond motifs is 1. The third-order valence-electron chi connectivity index (χ3n) is 5.68. The van der Waals surface area contributed by atoms with E-state index in [4.69, 9.17) is 5.73 Å². The van der Waals surface area contributed by atoms with Gasteiger partial charge in [0, 0.05) is 29.9 Å². The Balaban J connectivity index is 1.80. The van der Waals surface area contributed by atoms with Crippen LogP contribution in [0.5, 0.6) is 0 Å². The topological polar surface area (TPSA) is 127 Å². The standard InChI is InChI=1S/C23H18F3N7O3/c1-2-31-10-14(8-9-16(31)34)17-18(13-6-4-3-5-7-13)29-21(27)33-20(17)30-32(22(33)35)11-15-19(23(24,25)26)36-12-28-15/h3-10,12H,2,11H2,1H3,(H2,27,29)/p+1. The molecular formula is C23H19F3N7O3+. The van der Waals surface area contributed by atoms with Crippen molar-refractivity contribution in [1.82, 2.24) is 23.7 Å². The second-order valence-corrected chi connectivity index (χ2v) is 7.89. The molecule has 1 aromatic carbocycles. The molecule has 0 amide bonds. The van der Waals surface area contributed by atoms with E-state index in [0.717, 1.165) is 9.08 Å². The molecule has 0 spiro atoms. The molecule has 3 N–H and O–H groups in total. The van der Waals surface area contributed by atoms with Gasteiger partial charge in [0.05, 0.1) is 12.1 Å². The predicted octanol–water partition coefficient (Wildman–Crippen LogP) is 2.46. The van der Waals surface area contributed by atoms with Crippen LogP contribution in [0, 0.1) is 0 Å². The SMILES string of the molecule is CCn1cc(-c2c(-c3ccccc3)[nH+]c(N)n3c(=O)n(Cc4ncoc4C(F)(F)F)nc23)ccc1=O. The van der Waals surface area contributed by atoms with Crippen LogP contribution in [0.4, 0.5) is 19.1 Å². The first-order chi connectivity index (χ1) is 17.2. The van der Waals surface area contributed by atoms with Crippen molar-refractivity contribution in [2.75, 3.05) is 5.73 Å². The number of hydrogen-bond donors (Lipinski definition) is 1. The number of oxazole rings is 1. The number of anilines is 1. The summed E-state index contributed by atoms with van der Waals surface area (Å²) in [6, 6.07) is 12.1. The van der Waals surface area contributed by atoms with Gasteiger partial charge in [0.25, 0.3) is 5.56 Å². The number of nitrogens with zero attached hydrogens (tertiary/aromatic N) is 5. The van der Waals surface area contributed by atoms with E-state index in [2.05, 4.69) is 19.5 Å². The van der Waals surface area contributed by atoms with Crippen molar-refractivity contribution in [2.45, 2.75) is 26.2 Å². The van der Waals surface area contributed by atoms with Gasteiger partial charge in [0.15, 0.2) is 6.39 Å². The van der Waals surface area contributed by atoms with Gasteiger partial charge in [-0.3, -0.25) is 10.5 Å². The lowest BCUT2D eigenvalue weighted by atomic mass is 10.0. The maximum Gasteiger partial charge on any atom is 0.451 e. The van der Waals surface area contributed by atoms with Crippen LogP contribution >= 0.6 is 0 Å². The maximum atomic E-state index is 13.3. The molecule has 0 saturated carbocycles. The molecule has 0 radical (unpaired) electrons. The summed E-state index contributed by atoms with van der Waals surface area (Å²) in [7, 11) is 0. The molecule has 5 rings (SSSR count). The largest absolute Gasteiger partial charge is 0.451 e. The van der Waals surface area contributed by atoms with Crippen molar-refractivity contribution in [3.63, 3.8) is 0 Å². The van der Waals surface area contributed by atoms with Crippen LogP contribution in [0.1, 0.15) is 18.4 Å². The fraction of sp³-hybridized carbons (Fsp3) is 0.174. The highest BCUT2D eigenvalue weighted by Gasteiger charge is 2.39. The molecule has 0 unspecified atom stereocenters. The quantitative estimate of drug-likeness (QED) is 0.397. The molecule has 10 nitrogen and oxygen atoms in total. The van der Waals surface area contributed by atoms with E-state index in [-0.39, 0.29) is 17.2 Å². The summed E-state index contributed by atoms with van der Waals surface area (Å²) in [4.78, 5) is 32.1. The number of nitrogen functional groups attached to an aromatic ring is 1. The molecule has 4 aromatic heterocycles. The van der Waals surface area contributed by atoms with Crippen LogP contribution in [-0.4, -0.2) is 23.7 Å². The molecule has 0 saturated heterocycles. The van der Waals surface area contributed by atoms with Crippen LogP contribution in [-0.2, 0) is 19.3 Å². The Morgan fingerprint density at radius 3 is 2.53 bits per heavy atom. The fourth-order valence-electron chi connectivity index (χ4n) is 4.02. The van der Waals surface area contributed by atoms with Gasteiger partial charge < -0.3 is 8.98 Å². The lowest BCUT2D eigenvalue weighted by Gasteiger charge is -2.10. The highest BCUT2D eigenvalue weighted by Crippen LogP contribution is 2.33. The number of aromatic amines is 1. The van der Waals surface area contributed by atoms with E-state index >= 15 is 0 Å². The number of benzene rings is 1. The van der Waals surface area contributed by atoms with Gasteiger partial charge >= 0.3 is 17.8 Å². The van der Waals surface area contributed by atoms with Gasteiger partial charge in [0.1, 0.15) is 11.4 Å². The highest BCUT2D eigenvalue weighted by atomic mass is 19.4. The molecule has 0 aliphatic carbocycles. The van der Waals surface area contributed by atoms with Gasteiger partial charge in [-0.25, -0.2) is 14.8 Å². The molecule has 13 heteroatoms. The summed E-state index contributed by atoms with van der Waals surface area (Å²) in [6.45, 7) is 1.61. The molecule has 0 aliphatic rings. The van der Waals surface area contributed by atoms with Crippen molar-refractivity contribution < 1.29 is 22.6 Å². The van der Waals surface area contributed by atoms with Crippen molar-refractivity contribution in [2.24, 2.45) is 0 Å². The van der Waals surface area contributed by atoms with Crippen molar-refractivity contribution in [3.05, 3.63) is 87.3 Å². The van der Waals surface area contributed by atoms with Crippen molar-refractivity contribution in [1.29, 1.82) is 0 Å². The van der Waals surface area contributed by atoms with E-state index in [9.17, 15) is 22.8 Å². The van der Waals surface area contributed by atoms with Crippen LogP contribution in [0.15, 0.2) is 69.1 Å². The number of aromatic nitrogens is 6. The number of pyridine rings is 1. The minimum atomic E-state index is -4.79. The number of alkyl halides is 3. The summed E-state index contributed by atoms with van der Waals surface area (Å²) in [5, 5.41) is 4.34. The first-order valence-corrected chi connectivity index (χ1v) is 10.8. The number of rotatable bonds is 5. The lowest BCUT2D eigenvalue weighted by molar-refractivity contribution is -0.351. The van der Waals surface area contributed by atoms with Crippen LogP contribution in [0.3, 0.4) is 0 Å². The Hall–Kier alpha value is -4.68. The zero-order chi connectivity index (χ0) is 25.6. The summed E-state index contributed by atoms with van der Waals surface area (Å²) < 4.78 is 47.7. The Bertz CT molecular complexity index is 1700. The predicted molar refractivity (Wildman–Crippen MR) is 122 cm³/mol. The van der Waals surface area contributed by atoms with Gasteiger partial charge in [-0.1, -0.05) is 30.3 Å². The summed E-state index contributed by atoms with van der Waals surface area (Å²) in [5.74, 6) is -1.39. The molecule has 5 aromatic rings. The average molecular weight is 498 g/mol. The highest BCUT2D eigenvalue weighted by molar-refractivity contribution is 5.88. The Kier molecular flexibility index (Phi) is 5.46. The normalized spacial score (nSPS) is 11.9. The van der Waals surface area contributed by atoms with E-state index in [1.165, 1.54) is 10.6 Å². The number of hydrogen-bond acceptors (Lipinski definition) is 6. The van der Waals surface area contributed by atoms with Crippen LogP contribution in [0.25, 0.3) is 28.0 Å². The minimum Gasteiger partial charge on any atom is -0.439 e. The smallest absolute Gasteiger partial charge is 0.439 e. The first kappa shape index (κ1) is 23.1. The molecule has 184 valence electrons. The summed E-state index contributed by atoms with van der Waals surface area (Å²) >= 11 is 0. The Morgan fingerprint density at radius 1 is 1.08 bits per heavy atom. The second kappa shape index (κ2) is 8.52. The van der Waals surface area contributed by atoms with Crippen LogP contribution in [0.2, 0.25) is 0 Å². The molecule has 0 bridgehead atoms. The van der Waals surface area contributed by atoms with E-state index < -0.39 is 29.9 Å². The van der Waals surface area contributed by atoms with Gasteiger partial charge in [-0.05, 0) is 13.0 Å². The molecule has 0 atom stereocenters. The second-order valence-electron chi connectivity index (χ2n) is 7.89. The zero-order valence-electron chi connectivity index (χ0n) is 18.8. The monoisotopic (exact) mass is 498 g/mol. The molecular weight excluding hydrogens is 479 g/mol. The van der Waals surface area contributed by atoms with Gasteiger partial charge in [-0.2, -0.15) is 17.9 Å². The summed E-state index contributed by atoms with van der Waals surface area (Å²) in [5.41, 5.74) is 7.00. The maximum absolute atomic E-state index is 13.3. The molecule has 0 fully saturated rings. The minimum absolute atomic E-state index is 0.0798. The molecule has 4 heterocycles. The van der Waals surface area contributed by atoms with E-state index in [0.29, 0.717) is 35.3 Å². The zero-order valence-corrected chi connectivity index (χ0v) is 18.8. The Morgan fingerprint density at radius 2 is 1.83 bits per heavy atom. The third kappa shape index (κ3) is 3.83. The number of nitrogens with one attached hydrogen (secondary N) is 1. The molecule has 0 aliphatic heterocycles. The third-order valence-corrected chi connectivity index (χ3v) is 5.68. The number of H-pyrrole nitrogens is 1. The van der Waals surface area contributed by atoms with Crippen molar-refractivity contribution in [3.8, 4) is 22.4 Å².